The van der Waals surface area contributed by atoms with Crippen LogP contribution in [0.25, 0.3) is 10.9 Å². The highest BCUT2D eigenvalue weighted by Gasteiger charge is 2.31. The number of guanidine groups is 1. The molecule has 0 saturated heterocycles. The number of phenolic OH excluding ortho intramolecular Hbond substituents is 1. The molecule has 0 fully saturated rings. The van der Waals surface area contributed by atoms with Crippen molar-refractivity contribution in [1.29, 1.82) is 0 Å². The third-order valence-electron chi connectivity index (χ3n) is 7.36. The van der Waals surface area contributed by atoms with E-state index in [1.807, 2.05) is 38.1 Å². The smallest absolute Gasteiger partial charge is 0.326 e. The number of aromatic hydroxyl groups is 1. The first-order valence-electron chi connectivity index (χ1n) is 15.1. The fourth-order valence-electron chi connectivity index (χ4n) is 4.99. The molecule has 3 aromatic rings. The average Bonchev–Trinajstić information content (AvgIpc) is 3.40. The number of aliphatic carboxylic acids is 1. The molecule has 0 spiro atoms. The molecule has 14 nitrogen and oxygen atoms in total. The molecule has 3 amide bonds. The Balaban J connectivity index is 1.76. The maximum absolute atomic E-state index is 13.7. The summed E-state index contributed by atoms with van der Waals surface area (Å²) in [4.78, 5) is 59.2. The van der Waals surface area contributed by atoms with Gasteiger partial charge in [0, 0.05) is 30.1 Å². The summed E-state index contributed by atoms with van der Waals surface area (Å²) in [6, 6.07) is 9.33. The largest absolute Gasteiger partial charge is 0.508 e. The van der Waals surface area contributed by atoms with Gasteiger partial charge in [-0.05, 0) is 60.9 Å². The van der Waals surface area contributed by atoms with E-state index in [1.165, 1.54) is 12.1 Å². The number of H-pyrrole nitrogens is 1. The summed E-state index contributed by atoms with van der Waals surface area (Å²) in [5.74, 6) is -3.27. The number of phenols is 1. The van der Waals surface area contributed by atoms with E-state index in [1.54, 1.807) is 18.3 Å². The van der Waals surface area contributed by atoms with Crippen molar-refractivity contribution in [3.8, 4) is 5.75 Å². The van der Waals surface area contributed by atoms with E-state index in [4.69, 9.17) is 17.2 Å². The van der Waals surface area contributed by atoms with E-state index in [-0.39, 0.29) is 49.9 Å². The van der Waals surface area contributed by atoms with Gasteiger partial charge in [-0.3, -0.25) is 19.4 Å². The number of carboxylic acid groups (broad SMARTS) is 1. The zero-order valence-corrected chi connectivity index (χ0v) is 26.0. The van der Waals surface area contributed by atoms with E-state index in [2.05, 4.69) is 25.9 Å². The molecule has 0 aliphatic rings. The van der Waals surface area contributed by atoms with Crippen molar-refractivity contribution >= 4 is 40.6 Å². The summed E-state index contributed by atoms with van der Waals surface area (Å²) in [5, 5.41) is 28.3. The zero-order chi connectivity index (χ0) is 33.8. The van der Waals surface area contributed by atoms with Crippen LogP contribution >= 0.6 is 0 Å². The molecule has 3 rings (SSSR count). The molecule has 0 aliphatic carbocycles. The Kier molecular flexibility index (Phi) is 12.9. The van der Waals surface area contributed by atoms with E-state index in [0.717, 1.165) is 16.5 Å². The predicted molar refractivity (Wildman–Crippen MR) is 175 cm³/mol. The number of benzene rings is 2. The summed E-state index contributed by atoms with van der Waals surface area (Å²) in [6.45, 7) is 3.90. The number of carbonyl (C=O) groups excluding carboxylic acids is 3. The molecule has 4 atom stereocenters. The number of aromatic amines is 1. The van der Waals surface area contributed by atoms with Crippen LogP contribution in [0.4, 0.5) is 0 Å². The van der Waals surface area contributed by atoms with E-state index < -0.39 is 47.9 Å². The summed E-state index contributed by atoms with van der Waals surface area (Å²) >= 11 is 0. The first-order chi connectivity index (χ1) is 21.8. The summed E-state index contributed by atoms with van der Waals surface area (Å²) < 4.78 is 0. The maximum Gasteiger partial charge on any atom is 0.326 e. The van der Waals surface area contributed by atoms with Crippen molar-refractivity contribution in [2.45, 2.75) is 70.1 Å². The normalized spacial score (nSPS) is 13.7. The number of hydrogen-bond acceptors (Lipinski definition) is 7. The zero-order valence-electron chi connectivity index (χ0n) is 26.0. The molecule has 1 heterocycles. The Morgan fingerprint density at radius 2 is 1.50 bits per heavy atom. The third-order valence-corrected chi connectivity index (χ3v) is 7.36. The van der Waals surface area contributed by atoms with Crippen molar-refractivity contribution in [2.75, 3.05) is 6.54 Å². The van der Waals surface area contributed by atoms with Crippen LogP contribution in [0, 0.1) is 5.92 Å². The molecule has 248 valence electrons. The van der Waals surface area contributed by atoms with Gasteiger partial charge in [0.2, 0.25) is 17.7 Å². The monoisotopic (exact) mass is 636 g/mol. The van der Waals surface area contributed by atoms with Crippen molar-refractivity contribution in [2.24, 2.45) is 28.1 Å². The van der Waals surface area contributed by atoms with Crippen LogP contribution in [0.2, 0.25) is 0 Å². The van der Waals surface area contributed by atoms with Gasteiger partial charge in [0.05, 0.1) is 6.04 Å². The van der Waals surface area contributed by atoms with Crippen LogP contribution in [0.1, 0.15) is 44.2 Å². The highest BCUT2D eigenvalue weighted by molar-refractivity contribution is 5.94. The SMILES string of the molecule is CC(C)CC(NC(=O)C(Cc1ccc(O)cc1)NC(=O)C(N)Cc1c[nH]c2ccccc12)C(=O)NC(CCCN=C(N)N)C(=O)O. The number of nitrogens with zero attached hydrogens (tertiary/aromatic N) is 1. The van der Waals surface area contributed by atoms with Gasteiger partial charge in [-0.15, -0.1) is 0 Å². The van der Waals surface area contributed by atoms with Crippen molar-refractivity contribution in [1.82, 2.24) is 20.9 Å². The Hall–Kier alpha value is -5.11. The van der Waals surface area contributed by atoms with Gasteiger partial charge in [0.1, 0.15) is 23.9 Å². The second-order valence-corrected chi connectivity index (χ2v) is 11.6. The van der Waals surface area contributed by atoms with Gasteiger partial charge in [0.15, 0.2) is 5.96 Å². The lowest BCUT2D eigenvalue weighted by Crippen LogP contribution is -2.58. The highest BCUT2D eigenvalue weighted by Crippen LogP contribution is 2.19. The van der Waals surface area contributed by atoms with Crippen molar-refractivity contribution in [3.05, 3.63) is 65.9 Å². The molecule has 0 bridgehead atoms. The van der Waals surface area contributed by atoms with Crippen molar-refractivity contribution in [3.63, 3.8) is 0 Å². The number of aliphatic imine (C=N–C) groups is 1. The van der Waals surface area contributed by atoms with Gasteiger partial charge in [0.25, 0.3) is 0 Å². The number of aromatic nitrogens is 1. The van der Waals surface area contributed by atoms with Crippen LogP contribution < -0.4 is 33.2 Å². The van der Waals surface area contributed by atoms with E-state index in [0.29, 0.717) is 12.0 Å². The molecule has 1 aromatic heterocycles. The molecule has 12 N–H and O–H groups in total. The number of para-hydroxylation sites is 1. The number of nitrogens with one attached hydrogen (secondary N) is 4. The molecule has 2 aromatic carbocycles. The fraction of sp³-hybridized carbons (Fsp3) is 0.406. The number of fused-ring (bicyclic) bond motifs is 1. The molecule has 46 heavy (non-hydrogen) atoms. The first kappa shape index (κ1) is 35.4. The summed E-state index contributed by atoms with van der Waals surface area (Å²) in [6.07, 6.45) is 2.61. The number of carbonyl (C=O) groups is 4. The quantitative estimate of drug-likeness (QED) is 0.0571. The summed E-state index contributed by atoms with van der Waals surface area (Å²) in [5.41, 5.74) is 19.3. The number of hydrogen-bond donors (Lipinski definition) is 9. The molecule has 0 radical (unpaired) electrons. The predicted octanol–water partition coefficient (Wildman–Crippen LogP) is 0.625. The Morgan fingerprint density at radius 1 is 0.870 bits per heavy atom. The number of rotatable bonds is 17. The third kappa shape index (κ3) is 10.8. The molecule has 4 unspecified atom stereocenters. The lowest BCUT2D eigenvalue weighted by atomic mass is 9.99. The number of nitrogens with two attached hydrogens (primary N) is 3. The van der Waals surface area contributed by atoms with Crippen LogP contribution in [-0.2, 0) is 32.0 Å². The maximum atomic E-state index is 13.7. The van der Waals surface area contributed by atoms with Gasteiger partial charge < -0.3 is 48.3 Å². The molecular weight excluding hydrogens is 592 g/mol. The second-order valence-electron chi connectivity index (χ2n) is 11.6. The minimum Gasteiger partial charge on any atom is -0.508 e. The van der Waals surface area contributed by atoms with Crippen LogP contribution in [0.3, 0.4) is 0 Å². The van der Waals surface area contributed by atoms with E-state index in [9.17, 15) is 29.4 Å². The Morgan fingerprint density at radius 3 is 2.15 bits per heavy atom. The standard InChI is InChI=1S/C32H44N8O6/c1-18(2)14-26(29(43)38-25(31(45)46)8-5-13-36-32(34)35)40-30(44)27(15-19-9-11-21(41)12-10-19)39-28(42)23(33)16-20-17-37-24-7-4-3-6-22(20)24/h3-4,6-7,9-12,17-18,23,25-27,37,41H,5,8,13-16,33H2,1-2H3,(H,38,43)(H,39,42)(H,40,44)(H,45,46)(H4,34,35,36). The Bertz CT molecular complexity index is 1520. The van der Waals surface area contributed by atoms with Gasteiger partial charge in [-0.1, -0.05) is 44.2 Å². The fourth-order valence-corrected chi connectivity index (χ4v) is 4.99. The number of amides is 3. The number of carboxylic acids is 1. The molecular formula is C32H44N8O6. The molecule has 0 saturated carbocycles. The molecule has 0 aliphatic heterocycles. The second kappa shape index (κ2) is 16.8. The summed E-state index contributed by atoms with van der Waals surface area (Å²) in [7, 11) is 0. The lowest BCUT2D eigenvalue weighted by molar-refractivity contribution is -0.142. The van der Waals surface area contributed by atoms with Crippen LogP contribution in [-0.4, -0.2) is 75.6 Å². The minimum atomic E-state index is -1.24. The lowest BCUT2D eigenvalue weighted by Gasteiger charge is -2.26. The topological polar surface area (TPSA) is 251 Å². The Labute approximate surface area is 267 Å². The minimum absolute atomic E-state index is 0.0366. The van der Waals surface area contributed by atoms with Gasteiger partial charge in [-0.25, -0.2) is 4.79 Å². The first-order valence-corrected chi connectivity index (χ1v) is 15.1. The van der Waals surface area contributed by atoms with Gasteiger partial charge >= 0.3 is 5.97 Å². The van der Waals surface area contributed by atoms with E-state index >= 15 is 0 Å². The van der Waals surface area contributed by atoms with Crippen LogP contribution in [0.5, 0.6) is 5.75 Å². The average molecular weight is 637 g/mol. The van der Waals surface area contributed by atoms with Crippen molar-refractivity contribution < 1.29 is 29.4 Å². The molecule has 14 heteroatoms. The van der Waals surface area contributed by atoms with Gasteiger partial charge in [-0.2, -0.15) is 0 Å². The highest BCUT2D eigenvalue weighted by atomic mass is 16.4. The van der Waals surface area contributed by atoms with Crippen LogP contribution in [0.15, 0.2) is 59.7 Å².